The van der Waals surface area contributed by atoms with E-state index in [1.807, 2.05) is 6.92 Å². The Hall–Kier alpha value is -1.03. The van der Waals surface area contributed by atoms with Crippen LogP contribution in [0.5, 0.6) is 0 Å². The van der Waals surface area contributed by atoms with Crippen molar-refractivity contribution in [2.75, 3.05) is 0 Å². The molecule has 0 saturated heterocycles. The van der Waals surface area contributed by atoms with Gasteiger partial charge in [0.1, 0.15) is 0 Å². The number of alkyl halides is 3. The molecule has 1 unspecified atom stereocenters. The Morgan fingerprint density at radius 1 is 1.17 bits per heavy atom. The van der Waals surface area contributed by atoms with Gasteiger partial charge in [0.25, 0.3) is 0 Å². The Labute approximate surface area is 105 Å². The smallest absolute Gasteiger partial charge is 0.389 e. The van der Waals surface area contributed by atoms with Crippen LogP contribution in [0, 0.1) is 5.41 Å². The van der Waals surface area contributed by atoms with E-state index in [-0.39, 0.29) is 5.41 Å². The van der Waals surface area contributed by atoms with Crippen molar-refractivity contribution in [1.29, 1.82) is 0 Å². The second kappa shape index (κ2) is 3.98. The molecule has 1 N–H and O–H groups in total. The van der Waals surface area contributed by atoms with Crippen LogP contribution >= 0.6 is 0 Å². The van der Waals surface area contributed by atoms with Crippen LogP contribution in [0.3, 0.4) is 0 Å². The van der Waals surface area contributed by atoms with Gasteiger partial charge in [-0.1, -0.05) is 19.1 Å². The van der Waals surface area contributed by atoms with E-state index in [2.05, 4.69) is 0 Å². The molecule has 0 aromatic heterocycles. The minimum absolute atomic E-state index is 0.0876. The van der Waals surface area contributed by atoms with Gasteiger partial charge in [0.2, 0.25) is 0 Å². The monoisotopic (exact) mass is 258 g/mol. The molecule has 1 nitrogen and oxygen atoms in total. The van der Waals surface area contributed by atoms with Crippen LogP contribution < -0.4 is 0 Å². The van der Waals surface area contributed by atoms with Crippen molar-refractivity contribution in [1.82, 2.24) is 0 Å². The highest BCUT2D eigenvalue weighted by Crippen LogP contribution is 2.54. The Balaban J connectivity index is 2.12. The molecule has 0 aliphatic heterocycles. The van der Waals surface area contributed by atoms with E-state index in [1.54, 1.807) is 6.92 Å². The van der Waals surface area contributed by atoms with Crippen molar-refractivity contribution in [3.8, 4) is 0 Å². The highest BCUT2D eigenvalue weighted by molar-refractivity contribution is 5.26. The lowest BCUT2D eigenvalue weighted by Gasteiger charge is -2.30. The quantitative estimate of drug-likeness (QED) is 0.874. The standard InChI is InChI=1S/C14H17F3O/c1-12(7-8-12)13(2,18)9-10-3-5-11(6-4-10)14(15,16)17/h3-6,18H,7-9H2,1-2H3. The summed E-state index contributed by atoms with van der Waals surface area (Å²) in [4.78, 5) is 0. The van der Waals surface area contributed by atoms with Crippen molar-refractivity contribution in [2.45, 2.75) is 44.9 Å². The summed E-state index contributed by atoms with van der Waals surface area (Å²) in [6.07, 6.45) is -1.97. The Bertz CT molecular complexity index is 427. The second-order valence-electron chi connectivity index (χ2n) is 5.71. The Kier molecular flexibility index (Phi) is 2.97. The van der Waals surface area contributed by atoms with E-state index in [4.69, 9.17) is 0 Å². The first kappa shape index (κ1) is 13.4. The van der Waals surface area contributed by atoms with E-state index in [0.29, 0.717) is 6.42 Å². The van der Waals surface area contributed by atoms with Gasteiger partial charge in [0.15, 0.2) is 0 Å². The lowest BCUT2D eigenvalue weighted by Crippen LogP contribution is -2.36. The van der Waals surface area contributed by atoms with Gasteiger partial charge in [-0.15, -0.1) is 0 Å². The zero-order valence-corrected chi connectivity index (χ0v) is 10.5. The minimum Gasteiger partial charge on any atom is -0.389 e. The van der Waals surface area contributed by atoms with Crippen LogP contribution in [0.25, 0.3) is 0 Å². The van der Waals surface area contributed by atoms with Crippen LogP contribution in [0.4, 0.5) is 13.2 Å². The van der Waals surface area contributed by atoms with Crippen molar-refractivity contribution in [3.63, 3.8) is 0 Å². The van der Waals surface area contributed by atoms with E-state index in [9.17, 15) is 18.3 Å². The molecule has 1 saturated carbocycles. The van der Waals surface area contributed by atoms with Gasteiger partial charge in [0.05, 0.1) is 11.2 Å². The highest BCUT2D eigenvalue weighted by Gasteiger charge is 2.51. The summed E-state index contributed by atoms with van der Waals surface area (Å²) in [5.41, 5.74) is -0.854. The maximum absolute atomic E-state index is 12.4. The molecular formula is C14H17F3O. The topological polar surface area (TPSA) is 20.2 Å². The molecular weight excluding hydrogens is 241 g/mol. The first-order chi connectivity index (χ1) is 8.14. The number of aliphatic hydroxyl groups is 1. The van der Waals surface area contributed by atoms with Crippen LogP contribution in [-0.2, 0) is 12.6 Å². The predicted molar refractivity (Wildman–Crippen MR) is 63.1 cm³/mol. The molecule has 1 aromatic carbocycles. The van der Waals surface area contributed by atoms with E-state index >= 15 is 0 Å². The summed E-state index contributed by atoms with van der Waals surface area (Å²) in [6.45, 7) is 3.77. The number of halogens is 3. The average Bonchev–Trinajstić information content (AvgIpc) is 2.97. The minimum atomic E-state index is -4.30. The molecule has 1 atom stereocenters. The third kappa shape index (κ3) is 2.53. The molecule has 2 rings (SSSR count). The SMILES string of the molecule is CC(O)(Cc1ccc(C(F)(F)F)cc1)C1(C)CC1. The first-order valence-electron chi connectivity index (χ1n) is 6.03. The molecule has 100 valence electrons. The fraction of sp³-hybridized carbons (Fsp3) is 0.571. The summed E-state index contributed by atoms with van der Waals surface area (Å²) in [5.74, 6) is 0. The maximum Gasteiger partial charge on any atom is 0.416 e. The summed E-state index contributed by atoms with van der Waals surface area (Å²) in [5, 5.41) is 10.4. The third-order valence-electron chi connectivity index (χ3n) is 4.13. The van der Waals surface area contributed by atoms with Crippen LogP contribution in [-0.4, -0.2) is 10.7 Å². The van der Waals surface area contributed by atoms with Crippen molar-refractivity contribution in [3.05, 3.63) is 35.4 Å². The second-order valence-corrected chi connectivity index (χ2v) is 5.71. The van der Waals surface area contributed by atoms with E-state index in [0.717, 1.165) is 30.5 Å². The Morgan fingerprint density at radius 3 is 2.06 bits per heavy atom. The molecule has 0 bridgehead atoms. The molecule has 1 aromatic rings. The summed E-state index contributed by atoms with van der Waals surface area (Å²) < 4.78 is 37.2. The zero-order valence-electron chi connectivity index (χ0n) is 10.5. The normalized spacial score (nSPS) is 21.4. The third-order valence-corrected chi connectivity index (χ3v) is 4.13. The predicted octanol–water partition coefficient (Wildman–Crippen LogP) is 3.80. The number of rotatable bonds is 3. The highest BCUT2D eigenvalue weighted by atomic mass is 19.4. The van der Waals surface area contributed by atoms with Gasteiger partial charge in [-0.05, 0) is 42.9 Å². The molecule has 18 heavy (non-hydrogen) atoms. The number of hydrogen-bond acceptors (Lipinski definition) is 1. The van der Waals surface area contributed by atoms with Crippen LogP contribution in [0.1, 0.15) is 37.8 Å². The lowest BCUT2D eigenvalue weighted by atomic mass is 9.82. The lowest BCUT2D eigenvalue weighted by molar-refractivity contribution is -0.137. The Morgan fingerprint density at radius 2 is 1.67 bits per heavy atom. The molecule has 4 heteroatoms. The van der Waals surface area contributed by atoms with Gasteiger partial charge >= 0.3 is 6.18 Å². The van der Waals surface area contributed by atoms with Gasteiger partial charge in [-0.2, -0.15) is 13.2 Å². The fourth-order valence-electron chi connectivity index (χ4n) is 2.15. The fourth-order valence-corrected chi connectivity index (χ4v) is 2.15. The summed E-state index contributed by atoms with van der Waals surface area (Å²) >= 11 is 0. The van der Waals surface area contributed by atoms with Crippen LogP contribution in [0.15, 0.2) is 24.3 Å². The molecule has 0 amide bonds. The van der Waals surface area contributed by atoms with Crippen molar-refractivity contribution >= 4 is 0 Å². The van der Waals surface area contributed by atoms with Crippen molar-refractivity contribution in [2.24, 2.45) is 5.41 Å². The average molecular weight is 258 g/mol. The van der Waals surface area contributed by atoms with Gasteiger partial charge in [0, 0.05) is 6.42 Å². The van der Waals surface area contributed by atoms with E-state index in [1.165, 1.54) is 12.1 Å². The maximum atomic E-state index is 12.4. The van der Waals surface area contributed by atoms with Crippen LogP contribution in [0.2, 0.25) is 0 Å². The number of hydrogen-bond donors (Lipinski definition) is 1. The van der Waals surface area contributed by atoms with Crippen molar-refractivity contribution < 1.29 is 18.3 Å². The van der Waals surface area contributed by atoms with Gasteiger partial charge in [-0.25, -0.2) is 0 Å². The largest absolute Gasteiger partial charge is 0.416 e. The van der Waals surface area contributed by atoms with Gasteiger partial charge < -0.3 is 5.11 Å². The molecule has 0 radical (unpaired) electrons. The van der Waals surface area contributed by atoms with Gasteiger partial charge in [-0.3, -0.25) is 0 Å². The molecule has 1 aliphatic rings. The first-order valence-corrected chi connectivity index (χ1v) is 6.03. The molecule has 0 spiro atoms. The molecule has 0 heterocycles. The van der Waals surface area contributed by atoms with E-state index < -0.39 is 17.3 Å². The molecule has 1 aliphatic carbocycles. The molecule has 1 fully saturated rings. The zero-order chi connectivity index (χ0) is 13.6. The number of benzene rings is 1. The summed E-state index contributed by atoms with van der Waals surface area (Å²) in [7, 11) is 0. The summed E-state index contributed by atoms with van der Waals surface area (Å²) in [6, 6.07) is 5.04.